The first-order chi connectivity index (χ1) is 34.5. The molecule has 0 aliphatic heterocycles. The Hall–Kier alpha value is -8.49. The lowest BCUT2D eigenvalue weighted by atomic mass is 9.88. The normalized spacial score (nSPS) is 10.3. The van der Waals surface area contributed by atoms with Crippen molar-refractivity contribution >= 4 is 70.5 Å². The summed E-state index contributed by atoms with van der Waals surface area (Å²) < 4.78 is 20.6. The van der Waals surface area contributed by atoms with Gasteiger partial charge >= 0.3 is 36.4 Å². The zero-order chi connectivity index (χ0) is 53.5. The first kappa shape index (κ1) is 57.8. The molecule has 3 aromatic heterocycles. The van der Waals surface area contributed by atoms with Crippen LogP contribution in [0.5, 0.6) is 0 Å². The third-order valence-corrected chi connectivity index (χ3v) is 9.96. The van der Waals surface area contributed by atoms with Crippen molar-refractivity contribution in [2.45, 2.75) is 96.4 Å². The number of nitrogens with zero attached hydrogens (tertiary/aromatic N) is 6. The quantitative estimate of drug-likeness (QED) is 0.0591. The van der Waals surface area contributed by atoms with Gasteiger partial charge < -0.3 is 30.2 Å². The van der Waals surface area contributed by atoms with Crippen LogP contribution in [0.2, 0.25) is 0 Å². The molecule has 6 N–H and O–H groups in total. The summed E-state index contributed by atoms with van der Waals surface area (Å²) in [5.74, 6) is 0. The number of rotatable bonds is 13. The Morgan fingerprint density at radius 3 is 0.861 bits per heavy atom. The van der Waals surface area contributed by atoms with Gasteiger partial charge in [-0.3, -0.25) is 16.0 Å². The molecule has 3 heterocycles. The third kappa shape index (κ3) is 17.2. The highest BCUT2D eigenvalue weighted by molar-refractivity contribution is 5.94. The van der Waals surface area contributed by atoms with Crippen molar-refractivity contribution in [1.82, 2.24) is 29.3 Å². The van der Waals surface area contributed by atoms with Gasteiger partial charge in [0.15, 0.2) is 0 Å². The molecular weight excluding hydrogens is 925 g/mol. The van der Waals surface area contributed by atoms with E-state index in [1.54, 1.807) is 121 Å². The van der Waals surface area contributed by atoms with E-state index in [0.717, 1.165) is 0 Å². The highest BCUT2D eigenvalue weighted by Gasteiger charge is 2.35. The van der Waals surface area contributed by atoms with Gasteiger partial charge in [0.05, 0.1) is 22.5 Å². The Balaban J connectivity index is 0.00000220. The number of nitrogens with one attached hydrogen (secondary N) is 6. The van der Waals surface area contributed by atoms with Crippen LogP contribution in [-0.2, 0) is 14.2 Å². The maximum atomic E-state index is 13.2. The second kappa shape index (κ2) is 28.2. The number of amides is 6. The van der Waals surface area contributed by atoms with Crippen LogP contribution < -0.4 is 31.9 Å². The second-order valence-electron chi connectivity index (χ2n) is 15.5. The molecule has 21 heteroatoms. The van der Waals surface area contributed by atoms with Gasteiger partial charge in [0.2, 0.25) is 0 Å². The summed E-state index contributed by atoms with van der Waals surface area (Å²) in [6, 6.07) is 22.9. The van der Waals surface area contributed by atoms with Crippen LogP contribution in [0.15, 0.2) is 91.0 Å². The van der Waals surface area contributed by atoms with Gasteiger partial charge in [-0.1, -0.05) is 66.7 Å². The number of hydrogen-bond acceptors (Lipinski definition) is 12. The van der Waals surface area contributed by atoms with Gasteiger partial charge in [-0.05, 0) is 121 Å². The molecule has 386 valence electrons. The lowest BCUT2D eigenvalue weighted by molar-refractivity contribution is -0.0104. The summed E-state index contributed by atoms with van der Waals surface area (Å²) in [5.41, 5.74) is 4.68. The number of anilines is 6. The number of hydrogen-bond donors (Lipinski definition) is 6. The molecule has 0 aliphatic carbocycles. The summed E-state index contributed by atoms with van der Waals surface area (Å²) in [4.78, 5) is 78.2. The molecule has 6 aromatic rings. The molecule has 6 rings (SSSR count). The largest absolute Gasteiger partial charge is 0.448 e. The summed E-state index contributed by atoms with van der Waals surface area (Å²) in [6.07, 6.45) is -2.47. The highest BCUT2D eigenvalue weighted by atomic mass is 16.6. The van der Waals surface area contributed by atoms with Crippen molar-refractivity contribution in [2.24, 2.45) is 5.41 Å². The van der Waals surface area contributed by atoms with Crippen LogP contribution in [0.25, 0.3) is 0 Å². The molecule has 0 unspecified atom stereocenters. The van der Waals surface area contributed by atoms with Gasteiger partial charge in [-0.2, -0.15) is 29.3 Å². The fourth-order valence-electron chi connectivity index (χ4n) is 6.61. The van der Waals surface area contributed by atoms with Crippen molar-refractivity contribution in [3.8, 4) is 0 Å². The van der Waals surface area contributed by atoms with Crippen molar-refractivity contribution in [3.05, 3.63) is 125 Å². The van der Waals surface area contributed by atoms with Gasteiger partial charge in [0, 0.05) is 51.2 Å². The summed E-state index contributed by atoms with van der Waals surface area (Å²) >= 11 is 0. The van der Waals surface area contributed by atoms with Crippen molar-refractivity contribution in [1.29, 1.82) is 0 Å². The average molecular weight is 993 g/mol. The van der Waals surface area contributed by atoms with E-state index in [0.29, 0.717) is 68.3 Å². The van der Waals surface area contributed by atoms with Crippen LogP contribution in [0.4, 0.5) is 62.9 Å². The summed E-state index contributed by atoms with van der Waals surface area (Å²) in [7, 11) is 0. The number of aromatic nitrogens is 6. The molecule has 21 nitrogen and oxygen atoms in total. The zero-order valence-corrected chi connectivity index (χ0v) is 43.3. The maximum absolute atomic E-state index is 13.2. The van der Waals surface area contributed by atoms with E-state index in [-0.39, 0.29) is 26.2 Å². The molecule has 0 saturated heterocycles. The molecule has 0 fully saturated rings. The number of ether oxygens (including phenoxy) is 3. The predicted octanol–water partition coefficient (Wildman–Crippen LogP) is 11.9. The molecule has 0 radical (unpaired) electrons. The fourth-order valence-corrected chi connectivity index (χ4v) is 6.61. The topological polar surface area (TPSA) is 256 Å². The van der Waals surface area contributed by atoms with E-state index >= 15 is 0 Å². The average Bonchev–Trinajstić information content (AvgIpc) is 4.02. The van der Waals surface area contributed by atoms with Crippen molar-refractivity contribution < 1.29 is 43.0 Å². The Morgan fingerprint density at radius 2 is 0.653 bits per heavy atom. The van der Waals surface area contributed by atoms with E-state index < -0.39 is 41.8 Å². The molecule has 3 aromatic carbocycles. The van der Waals surface area contributed by atoms with Crippen LogP contribution in [0.1, 0.15) is 89.1 Å². The predicted molar refractivity (Wildman–Crippen MR) is 279 cm³/mol. The molecule has 0 aliphatic rings. The number of carbonyl (C=O) groups excluding carboxylic acids is 6. The van der Waals surface area contributed by atoms with E-state index in [2.05, 4.69) is 47.2 Å². The fraction of sp³-hybridized carbons (Fsp3) is 0.353. The minimum Gasteiger partial charge on any atom is -0.448 e. The molecule has 72 heavy (non-hydrogen) atoms. The van der Waals surface area contributed by atoms with Gasteiger partial charge in [-0.15, -0.1) is 0 Å². The molecule has 0 saturated carbocycles. The lowest BCUT2D eigenvalue weighted by Gasteiger charge is -2.31. The molecule has 6 amide bonds. The van der Waals surface area contributed by atoms with Crippen molar-refractivity contribution in [3.63, 3.8) is 0 Å². The van der Waals surface area contributed by atoms with E-state index in [4.69, 9.17) is 14.2 Å². The van der Waals surface area contributed by atoms with E-state index in [1.165, 1.54) is 32.2 Å². The Bertz CT molecular complexity index is 2490. The number of benzene rings is 3. The summed E-state index contributed by atoms with van der Waals surface area (Å²) in [6.45, 7) is 23.2. The maximum Gasteiger partial charge on any atom is 0.411 e. The highest BCUT2D eigenvalue weighted by Crippen LogP contribution is 2.27. The minimum atomic E-state index is -1.27. The Kier molecular flexibility index (Phi) is 22.7. The minimum absolute atomic E-state index is 0.191. The standard InChI is InChI=1S/C45H50N12O9.3C2H6/c1-8-45(24-64-42(61)49-36-15-9-12-33(21-36)46-39(58)55-30(5)18-27(2)52-55,25-65-43(62)50-37-16-10-13-34(22-37)47-40(59)56-31(6)19-28(3)53-56)26-66-44(63)51-38-17-11-14-35(23-38)48-41(60)57-32(7)20-29(4)54-57;3*1-2/h9-23H,8,24-26H2,1-7H3,(H,46,58)(H,47,59)(H,48,60)(H,49,61)(H,50,62)(H,51,63);3*1-2H3. The van der Waals surface area contributed by atoms with Crippen LogP contribution in [0.3, 0.4) is 0 Å². The van der Waals surface area contributed by atoms with E-state index in [9.17, 15) is 28.8 Å². The molecular formula is C51H68N12O9. The SMILES string of the molecule is CC.CC.CC.CCC(COC(=O)Nc1cccc(NC(=O)n2nc(C)cc2C)c1)(COC(=O)Nc1cccc(NC(=O)n2nc(C)cc2C)c1)COC(=O)Nc1cccc(NC(=O)n2nc(C)cc2C)c1. The monoisotopic (exact) mass is 993 g/mol. The molecule has 0 spiro atoms. The second-order valence-corrected chi connectivity index (χ2v) is 15.5. The smallest absolute Gasteiger partial charge is 0.411 e. The molecule has 0 atom stereocenters. The molecule has 0 bridgehead atoms. The first-order valence-corrected chi connectivity index (χ1v) is 23.6. The number of carbonyl (C=O) groups is 6. The third-order valence-electron chi connectivity index (χ3n) is 9.96. The van der Waals surface area contributed by atoms with Crippen LogP contribution in [0, 0.1) is 47.0 Å². The first-order valence-electron chi connectivity index (χ1n) is 23.6. The Labute approximate surface area is 420 Å². The van der Waals surface area contributed by atoms with Crippen LogP contribution in [-0.4, -0.2) is 85.5 Å². The zero-order valence-electron chi connectivity index (χ0n) is 43.3. The van der Waals surface area contributed by atoms with E-state index in [1.807, 2.05) is 41.5 Å². The Morgan fingerprint density at radius 1 is 0.417 bits per heavy atom. The van der Waals surface area contributed by atoms with Crippen molar-refractivity contribution in [2.75, 3.05) is 51.7 Å². The van der Waals surface area contributed by atoms with Crippen LogP contribution >= 0.6 is 0 Å². The lowest BCUT2D eigenvalue weighted by Crippen LogP contribution is -2.40. The number of aryl methyl sites for hydroxylation is 6. The summed E-state index contributed by atoms with van der Waals surface area (Å²) in [5, 5.41) is 28.7. The van der Waals surface area contributed by atoms with Gasteiger partial charge in [-0.25, -0.2) is 28.8 Å². The van der Waals surface area contributed by atoms with Gasteiger partial charge in [0.1, 0.15) is 19.8 Å². The van der Waals surface area contributed by atoms with Gasteiger partial charge in [0.25, 0.3) is 0 Å².